The van der Waals surface area contributed by atoms with Crippen LogP contribution in [0, 0.1) is 0 Å². The summed E-state index contributed by atoms with van der Waals surface area (Å²) in [6.45, 7) is 1.78. The van der Waals surface area contributed by atoms with Crippen molar-refractivity contribution in [3.05, 3.63) is 63.7 Å². The number of fused-ring (bicyclic) bond motifs is 1. The molecule has 0 N–H and O–H groups in total. The van der Waals surface area contributed by atoms with Crippen LogP contribution in [0.5, 0.6) is 0 Å². The zero-order valence-electron chi connectivity index (χ0n) is 15.6. The van der Waals surface area contributed by atoms with E-state index in [0.717, 1.165) is 18.8 Å². The number of halogens is 2. The molecule has 0 aliphatic rings. The van der Waals surface area contributed by atoms with Gasteiger partial charge in [0.1, 0.15) is 5.82 Å². The number of nitrogens with zero attached hydrogens (tertiary/aromatic N) is 4. The van der Waals surface area contributed by atoms with Crippen molar-refractivity contribution in [1.29, 1.82) is 0 Å². The second kappa shape index (κ2) is 8.30. The lowest BCUT2D eigenvalue weighted by molar-refractivity contribution is 0.416. The van der Waals surface area contributed by atoms with Crippen molar-refractivity contribution >= 4 is 39.8 Å². The highest BCUT2D eigenvalue weighted by Crippen LogP contribution is 2.21. The summed E-state index contributed by atoms with van der Waals surface area (Å²) in [7, 11) is 6.09. The third-order valence-electron chi connectivity index (χ3n) is 4.45. The van der Waals surface area contributed by atoms with E-state index in [1.165, 1.54) is 0 Å². The largest absolute Gasteiger partial charge is 0.373 e. The van der Waals surface area contributed by atoms with Crippen molar-refractivity contribution in [2.45, 2.75) is 5.88 Å². The van der Waals surface area contributed by atoms with Crippen LogP contribution in [0.4, 0.5) is 5.69 Å². The number of hydrogen-bond donors (Lipinski definition) is 0. The molecule has 0 unspecified atom stereocenters. The number of aromatic nitrogens is 2. The van der Waals surface area contributed by atoms with Gasteiger partial charge in [0.15, 0.2) is 0 Å². The predicted molar refractivity (Wildman–Crippen MR) is 114 cm³/mol. The van der Waals surface area contributed by atoms with Gasteiger partial charge in [-0.15, -0.1) is 11.6 Å². The first-order valence-electron chi connectivity index (χ1n) is 8.64. The van der Waals surface area contributed by atoms with Gasteiger partial charge >= 0.3 is 0 Å². The summed E-state index contributed by atoms with van der Waals surface area (Å²) in [5, 5.41) is 1.17. The van der Waals surface area contributed by atoms with E-state index in [1.54, 1.807) is 28.8 Å². The molecular formula is C20H22Cl2N4O. The number of hydrogen-bond acceptors (Lipinski definition) is 4. The average molecular weight is 405 g/mol. The van der Waals surface area contributed by atoms with E-state index >= 15 is 0 Å². The lowest BCUT2D eigenvalue weighted by Gasteiger charge is -2.22. The Morgan fingerprint density at radius 3 is 2.37 bits per heavy atom. The van der Waals surface area contributed by atoms with E-state index in [2.05, 4.69) is 14.8 Å². The third-order valence-corrected chi connectivity index (χ3v) is 4.94. The van der Waals surface area contributed by atoms with Crippen LogP contribution < -0.4 is 10.5 Å². The van der Waals surface area contributed by atoms with Gasteiger partial charge in [-0.05, 0) is 56.6 Å². The second-order valence-electron chi connectivity index (χ2n) is 6.70. The zero-order valence-corrected chi connectivity index (χ0v) is 17.1. The molecular weight excluding hydrogens is 383 g/mol. The van der Waals surface area contributed by atoms with Gasteiger partial charge in [-0.1, -0.05) is 11.6 Å². The molecule has 0 amide bonds. The molecule has 2 aromatic carbocycles. The molecule has 7 heteroatoms. The van der Waals surface area contributed by atoms with Gasteiger partial charge in [0.2, 0.25) is 0 Å². The SMILES string of the molecule is CN(C)CCN(C)c1ccc2nc(CCl)n(-c3ccc(Cl)cc3)c(=O)c2c1. The number of rotatable bonds is 6. The topological polar surface area (TPSA) is 41.4 Å². The standard InChI is InChI=1S/C20H22Cl2N4O/c1-24(2)10-11-25(3)16-8-9-18-17(12-16)20(27)26(19(13-21)23-18)15-6-4-14(22)5-7-15/h4-9,12H,10-11,13H2,1-3H3. The molecule has 142 valence electrons. The Morgan fingerprint density at radius 1 is 1.04 bits per heavy atom. The molecule has 3 aromatic rings. The normalized spacial score (nSPS) is 11.3. The van der Waals surface area contributed by atoms with Crippen molar-refractivity contribution in [3.63, 3.8) is 0 Å². The zero-order chi connectivity index (χ0) is 19.6. The smallest absolute Gasteiger partial charge is 0.266 e. The average Bonchev–Trinajstić information content (AvgIpc) is 2.66. The minimum Gasteiger partial charge on any atom is -0.373 e. The minimum atomic E-state index is -0.138. The molecule has 0 radical (unpaired) electrons. The van der Waals surface area contributed by atoms with E-state index < -0.39 is 0 Å². The highest BCUT2D eigenvalue weighted by Gasteiger charge is 2.14. The fourth-order valence-corrected chi connectivity index (χ4v) is 3.19. The Labute approximate surface area is 168 Å². The minimum absolute atomic E-state index is 0.137. The van der Waals surface area contributed by atoms with Gasteiger partial charge in [-0.25, -0.2) is 4.98 Å². The van der Waals surface area contributed by atoms with E-state index in [9.17, 15) is 4.79 Å². The van der Waals surface area contributed by atoms with Crippen molar-refractivity contribution < 1.29 is 0 Å². The summed E-state index contributed by atoms with van der Waals surface area (Å²) in [5.74, 6) is 0.642. The van der Waals surface area contributed by atoms with Gasteiger partial charge in [0.25, 0.3) is 5.56 Å². The van der Waals surface area contributed by atoms with Crippen molar-refractivity contribution in [3.8, 4) is 5.69 Å². The van der Waals surface area contributed by atoms with Crippen LogP contribution in [0.15, 0.2) is 47.3 Å². The van der Waals surface area contributed by atoms with Gasteiger partial charge in [-0.2, -0.15) is 0 Å². The predicted octanol–water partition coefficient (Wildman–Crippen LogP) is 3.78. The first-order valence-corrected chi connectivity index (χ1v) is 9.55. The Balaban J connectivity index is 2.12. The molecule has 0 spiro atoms. The summed E-state index contributed by atoms with van der Waals surface area (Å²) < 4.78 is 1.55. The lowest BCUT2D eigenvalue weighted by atomic mass is 10.2. The molecule has 1 heterocycles. The molecule has 0 aliphatic carbocycles. The molecule has 0 aliphatic heterocycles. The van der Waals surface area contributed by atoms with E-state index in [-0.39, 0.29) is 11.4 Å². The Hall–Kier alpha value is -2.08. The molecule has 0 bridgehead atoms. The molecule has 1 aromatic heterocycles. The van der Waals surface area contributed by atoms with Crippen molar-refractivity contribution in [1.82, 2.24) is 14.5 Å². The maximum atomic E-state index is 13.2. The molecule has 27 heavy (non-hydrogen) atoms. The van der Waals surface area contributed by atoms with E-state index in [1.807, 2.05) is 39.3 Å². The van der Waals surface area contributed by atoms with E-state index in [4.69, 9.17) is 23.2 Å². The molecule has 0 saturated heterocycles. The first-order chi connectivity index (χ1) is 12.9. The van der Waals surface area contributed by atoms with Gasteiger partial charge in [0, 0.05) is 30.8 Å². The van der Waals surface area contributed by atoms with Crippen LogP contribution in [0.1, 0.15) is 5.82 Å². The van der Waals surface area contributed by atoms with Crippen LogP contribution in [0.3, 0.4) is 0 Å². The Morgan fingerprint density at radius 2 is 1.74 bits per heavy atom. The molecule has 0 fully saturated rings. The number of anilines is 1. The van der Waals surface area contributed by atoms with Crippen LogP contribution >= 0.6 is 23.2 Å². The summed E-state index contributed by atoms with van der Waals surface area (Å²) in [5.41, 5.74) is 2.18. The Bertz CT molecular complexity index is 999. The van der Waals surface area contributed by atoms with Gasteiger partial charge < -0.3 is 9.80 Å². The van der Waals surface area contributed by atoms with Crippen molar-refractivity contribution in [2.75, 3.05) is 39.1 Å². The van der Waals surface area contributed by atoms with Crippen LogP contribution in [0.2, 0.25) is 5.02 Å². The number of alkyl halides is 1. The fraction of sp³-hybridized carbons (Fsp3) is 0.300. The molecule has 0 atom stereocenters. The van der Waals surface area contributed by atoms with Gasteiger partial charge in [0.05, 0.1) is 22.5 Å². The maximum Gasteiger partial charge on any atom is 0.266 e. The third kappa shape index (κ3) is 4.26. The second-order valence-corrected chi connectivity index (χ2v) is 7.41. The summed E-state index contributed by atoms with van der Waals surface area (Å²) in [6.07, 6.45) is 0. The maximum absolute atomic E-state index is 13.2. The Kier molecular flexibility index (Phi) is 6.05. The highest BCUT2D eigenvalue weighted by atomic mass is 35.5. The number of benzene rings is 2. The quantitative estimate of drug-likeness (QED) is 0.586. The fourth-order valence-electron chi connectivity index (χ4n) is 2.88. The molecule has 3 rings (SSSR count). The molecule has 5 nitrogen and oxygen atoms in total. The lowest BCUT2D eigenvalue weighted by Crippen LogP contribution is -2.29. The monoisotopic (exact) mass is 404 g/mol. The summed E-state index contributed by atoms with van der Waals surface area (Å²) in [4.78, 5) is 22.1. The van der Waals surface area contributed by atoms with Crippen LogP contribution in [-0.2, 0) is 5.88 Å². The van der Waals surface area contributed by atoms with Crippen LogP contribution in [-0.4, -0.2) is 48.7 Å². The summed E-state index contributed by atoms with van der Waals surface area (Å²) in [6, 6.07) is 12.8. The van der Waals surface area contributed by atoms with Gasteiger partial charge in [-0.3, -0.25) is 9.36 Å². The molecule has 0 saturated carbocycles. The summed E-state index contributed by atoms with van der Waals surface area (Å²) >= 11 is 12.1. The highest BCUT2D eigenvalue weighted by molar-refractivity contribution is 6.30. The first kappa shape index (κ1) is 19.7. The van der Waals surface area contributed by atoms with E-state index in [0.29, 0.717) is 27.4 Å². The van der Waals surface area contributed by atoms with Crippen molar-refractivity contribution in [2.24, 2.45) is 0 Å². The number of likely N-dealkylation sites (N-methyl/N-ethyl adjacent to an activating group) is 2. The van der Waals surface area contributed by atoms with Crippen LogP contribution in [0.25, 0.3) is 16.6 Å².